The zero-order chi connectivity index (χ0) is 17.9. The molecule has 0 aliphatic carbocycles. The van der Waals surface area contributed by atoms with E-state index in [2.05, 4.69) is 6.92 Å². The lowest BCUT2D eigenvalue weighted by atomic mass is 10.0. The van der Waals surface area contributed by atoms with Gasteiger partial charge in [-0.15, -0.1) is 0 Å². The molecule has 0 saturated carbocycles. The van der Waals surface area contributed by atoms with E-state index in [-0.39, 0.29) is 0 Å². The third kappa shape index (κ3) is 4.31. The topological polar surface area (TPSA) is 56.0 Å². The first-order valence-corrected chi connectivity index (χ1v) is 11.0. The normalized spacial score (nSPS) is 25.8. The Kier molecular flexibility index (Phi) is 6.27. The molecule has 1 aromatic heterocycles. The highest BCUT2D eigenvalue weighted by molar-refractivity contribution is 7.89. The quantitative estimate of drug-likeness (QED) is 0.769. The molecule has 1 N–H and O–H groups in total. The molecular formula is C17H28N3O3S2+. The van der Waals surface area contributed by atoms with Crippen LogP contribution in [0.4, 0.5) is 0 Å². The van der Waals surface area contributed by atoms with Gasteiger partial charge in [-0.1, -0.05) is 19.1 Å². The van der Waals surface area contributed by atoms with Crippen molar-refractivity contribution in [2.45, 2.75) is 50.2 Å². The number of quaternary nitrogens is 1. The van der Waals surface area contributed by atoms with E-state index in [0.717, 1.165) is 19.6 Å². The molecule has 0 spiro atoms. The van der Waals surface area contributed by atoms with Crippen molar-refractivity contribution in [1.82, 2.24) is 8.87 Å². The predicted molar refractivity (Wildman–Crippen MR) is 98.6 cm³/mol. The Morgan fingerprint density at radius 1 is 1.28 bits per heavy atom. The second-order valence-electron chi connectivity index (χ2n) is 6.86. The lowest BCUT2D eigenvalue weighted by Crippen LogP contribution is -3.15. The summed E-state index contributed by atoms with van der Waals surface area (Å²) in [5.41, 5.74) is 0. The average Bonchev–Trinajstić information content (AvgIpc) is 2.64. The van der Waals surface area contributed by atoms with Crippen molar-refractivity contribution in [3.05, 3.63) is 23.0 Å². The highest BCUT2D eigenvalue weighted by Gasteiger charge is 2.28. The molecule has 8 heteroatoms. The van der Waals surface area contributed by atoms with Crippen LogP contribution in [-0.2, 0) is 21.4 Å². The van der Waals surface area contributed by atoms with E-state index in [1.54, 1.807) is 18.3 Å². The first-order chi connectivity index (χ1) is 12.0. The van der Waals surface area contributed by atoms with Crippen LogP contribution in [0, 0.1) is 4.64 Å². The van der Waals surface area contributed by atoms with Gasteiger partial charge < -0.3 is 9.64 Å². The number of likely N-dealkylation sites (tertiary alicyclic amines) is 1. The van der Waals surface area contributed by atoms with E-state index in [9.17, 15) is 8.42 Å². The van der Waals surface area contributed by atoms with Crippen LogP contribution in [0.1, 0.15) is 32.6 Å². The molecule has 2 aliphatic heterocycles. The van der Waals surface area contributed by atoms with Crippen LogP contribution < -0.4 is 4.90 Å². The minimum absolute atomic E-state index is 0.326. The van der Waals surface area contributed by atoms with Crippen LogP contribution in [-0.4, -0.2) is 56.2 Å². The van der Waals surface area contributed by atoms with E-state index in [4.69, 9.17) is 17.0 Å². The van der Waals surface area contributed by atoms with Gasteiger partial charge in [0.2, 0.25) is 10.0 Å². The van der Waals surface area contributed by atoms with Gasteiger partial charge in [0.25, 0.3) is 0 Å². The van der Waals surface area contributed by atoms with Crippen molar-refractivity contribution in [2.24, 2.45) is 0 Å². The summed E-state index contributed by atoms with van der Waals surface area (Å²) < 4.78 is 35.2. The van der Waals surface area contributed by atoms with Crippen LogP contribution in [0.2, 0.25) is 0 Å². The minimum atomic E-state index is -3.48. The van der Waals surface area contributed by atoms with Gasteiger partial charge >= 0.3 is 0 Å². The second-order valence-corrected chi connectivity index (χ2v) is 9.21. The number of piperidine rings is 1. The number of rotatable bonds is 5. The van der Waals surface area contributed by atoms with Crippen molar-refractivity contribution >= 4 is 22.2 Å². The molecule has 2 aliphatic rings. The standard InChI is InChI=1S/C17H27N3O3S2/c1-2-15-5-3-4-8-18(15)14-19-13-16(6-7-17(19)24)25(21,22)20-9-11-23-12-10-20/h6-7,13,15H,2-5,8-12,14H2,1H3/p+1/t15-/m1/s1. The Labute approximate surface area is 155 Å². The smallest absolute Gasteiger partial charge is 0.244 e. The first-order valence-electron chi connectivity index (χ1n) is 9.15. The second kappa shape index (κ2) is 8.26. The molecule has 3 rings (SSSR count). The summed E-state index contributed by atoms with van der Waals surface area (Å²) in [4.78, 5) is 1.83. The van der Waals surface area contributed by atoms with Crippen LogP contribution in [0.5, 0.6) is 0 Å². The van der Waals surface area contributed by atoms with Crippen molar-refractivity contribution < 1.29 is 18.1 Å². The van der Waals surface area contributed by atoms with Crippen molar-refractivity contribution in [1.29, 1.82) is 0 Å². The number of aromatic nitrogens is 1. The highest BCUT2D eigenvalue weighted by Crippen LogP contribution is 2.17. The lowest BCUT2D eigenvalue weighted by Gasteiger charge is -2.32. The summed E-state index contributed by atoms with van der Waals surface area (Å²) in [6.45, 7) is 5.82. The van der Waals surface area contributed by atoms with Crippen LogP contribution in [0.3, 0.4) is 0 Å². The molecule has 1 aromatic rings. The monoisotopic (exact) mass is 386 g/mol. The summed E-state index contributed by atoms with van der Waals surface area (Å²) in [6.07, 6.45) is 6.63. The molecule has 6 nitrogen and oxygen atoms in total. The Balaban J connectivity index is 1.84. The molecule has 140 valence electrons. The maximum atomic E-state index is 12.9. The SMILES string of the molecule is CC[C@@H]1CCCC[NH+]1Cn1cc(S(=O)(=O)N2CCOCC2)ccc1=S. The zero-order valence-electron chi connectivity index (χ0n) is 14.8. The zero-order valence-corrected chi connectivity index (χ0v) is 16.4. The number of pyridine rings is 1. The van der Waals surface area contributed by atoms with Crippen molar-refractivity contribution in [3.63, 3.8) is 0 Å². The van der Waals surface area contributed by atoms with Crippen molar-refractivity contribution in [3.8, 4) is 0 Å². The number of hydrogen-bond acceptors (Lipinski definition) is 4. The number of morpholine rings is 1. The van der Waals surface area contributed by atoms with Gasteiger partial charge in [0, 0.05) is 19.3 Å². The van der Waals surface area contributed by atoms with Gasteiger partial charge in [-0.2, -0.15) is 4.31 Å². The summed E-state index contributed by atoms with van der Waals surface area (Å²) in [7, 11) is -3.48. The van der Waals surface area contributed by atoms with Gasteiger partial charge in [0.1, 0.15) is 4.64 Å². The van der Waals surface area contributed by atoms with E-state index in [1.165, 1.54) is 28.5 Å². The third-order valence-electron chi connectivity index (χ3n) is 5.31. The third-order valence-corrected chi connectivity index (χ3v) is 7.56. The van der Waals surface area contributed by atoms with Gasteiger partial charge in [-0.05, 0) is 37.8 Å². The number of nitrogens with one attached hydrogen (secondary N) is 1. The molecule has 3 heterocycles. The first kappa shape index (κ1) is 19.0. The molecule has 0 bridgehead atoms. The molecule has 2 fully saturated rings. The van der Waals surface area contributed by atoms with E-state index in [1.807, 2.05) is 4.57 Å². The largest absolute Gasteiger partial charge is 0.379 e. The van der Waals surface area contributed by atoms with E-state index >= 15 is 0 Å². The highest BCUT2D eigenvalue weighted by atomic mass is 32.2. The molecule has 1 unspecified atom stereocenters. The van der Waals surface area contributed by atoms with Gasteiger partial charge in [-0.3, -0.25) is 4.57 Å². The van der Waals surface area contributed by atoms with Crippen LogP contribution >= 0.6 is 12.2 Å². The molecule has 25 heavy (non-hydrogen) atoms. The van der Waals surface area contributed by atoms with E-state index in [0.29, 0.717) is 41.9 Å². The molecule has 0 aromatic carbocycles. The number of ether oxygens (including phenoxy) is 1. The minimum Gasteiger partial charge on any atom is -0.379 e. The number of hydrogen-bond donors (Lipinski definition) is 1. The van der Waals surface area contributed by atoms with Gasteiger partial charge in [0.05, 0.1) is 30.7 Å². The predicted octanol–water partition coefficient (Wildman–Crippen LogP) is 1.04. The summed E-state index contributed by atoms with van der Waals surface area (Å²) in [6, 6.07) is 4.01. The van der Waals surface area contributed by atoms with Crippen LogP contribution in [0.25, 0.3) is 0 Å². The summed E-state index contributed by atoms with van der Waals surface area (Å²) in [5.74, 6) is 0. The Morgan fingerprint density at radius 3 is 2.76 bits per heavy atom. The lowest BCUT2D eigenvalue weighted by molar-refractivity contribution is -0.952. The molecular weight excluding hydrogens is 358 g/mol. The molecule has 0 amide bonds. The molecule has 2 atom stereocenters. The van der Waals surface area contributed by atoms with E-state index < -0.39 is 10.0 Å². The molecule has 0 radical (unpaired) electrons. The average molecular weight is 387 g/mol. The Bertz CT molecular complexity index is 742. The fourth-order valence-electron chi connectivity index (χ4n) is 3.79. The summed E-state index contributed by atoms with van der Waals surface area (Å²) in [5, 5.41) is 0. The number of nitrogens with zero attached hydrogens (tertiary/aromatic N) is 2. The Morgan fingerprint density at radius 2 is 2.04 bits per heavy atom. The van der Waals surface area contributed by atoms with Crippen LogP contribution in [0.15, 0.2) is 23.2 Å². The maximum absolute atomic E-state index is 12.9. The number of sulfonamides is 1. The Hall–Kier alpha value is -0.800. The molecule has 2 saturated heterocycles. The summed E-state index contributed by atoms with van der Waals surface area (Å²) >= 11 is 5.46. The fraction of sp³-hybridized carbons (Fsp3) is 0.706. The fourth-order valence-corrected chi connectivity index (χ4v) is 5.41. The van der Waals surface area contributed by atoms with Gasteiger partial charge in [-0.25, -0.2) is 8.42 Å². The maximum Gasteiger partial charge on any atom is 0.244 e. The van der Waals surface area contributed by atoms with Gasteiger partial charge in [0.15, 0.2) is 6.67 Å². The van der Waals surface area contributed by atoms with Crippen molar-refractivity contribution in [2.75, 3.05) is 32.8 Å².